The zero-order valence-electron chi connectivity index (χ0n) is 10.4. The van der Waals surface area contributed by atoms with E-state index in [4.69, 9.17) is 0 Å². The van der Waals surface area contributed by atoms with E-state index in [2.05, 4.69) is 9.97 Å². The first-order chi connectivity index (χ1) is 9.63. The van der Waals surface area contributed by atoms with E-state index in [-0.39, 0.29) is 12.3 Å². The molecule has 0 bridgehead atoms. The average molecular weight is 269 g/mol. The van der Waals surface area contributed by atoms with Gasteiger partial charge in [0, 0.05) is 23.2 Å². The standard InChI is InChI=1S/C14H11N3O3/c18-12(8-17-6-5-13(19)16-14(17)20)11-7-9-3-1-2-4-10(9)15-11/h1-7,15H,8H2,(H,16,19,20). The molecule has 0 amide bonds. The molecule has 0 aliphatic rings. The lowest BCUT2D eigenvalue weighted by Gasteiger charge is -2.01. The molecule has 2 heterocycles. The number of carbonyl (C=O) groups excluding carboxylic acids is 1. The molecule has 6 heteroatoms. The molecule has 0 atom stereocenters. The van der Waals surface area contributed by atoms with Gasteiger partial charge in [-0.15, -0.1) is 0 Å². The van der Waals surface area contributed by atoms with Gasteiger partial charge in [-0.3, -0.25) is 19.1 Å². The van der Waals surface area contributed by atoms with Crippen molar-refractivity contribution < 1.29 is 4.79 Å². The fraction of sp³-hybridized carbons (Fsp3) is 0.0714. The third-order valence-electron chi connectivity index (χ3n) is 3.04. The van der Waals surface area contributed by atoms with Crippen LogP contribution in [0.25, 0.3) is 10.9 Å². The Hall–Kier alpha value is -2.89. The maximum atomic E-state index is 12.1. The van der Waals surface area contributed by atoms with Gasteiger partial charge >= 0.3 is 5.69 Å². The smallest absolute Gasteiger partial charge is 0.328 e. The number of nitrogens with one attached hydrogen (secondary N) is 2. The van der Waals surface area contributed by atoms with Crippen LogP contribution in [0.4, 0.5) is 0 Å². The van der Waals surface area contributed by atoms with E-state index >= 15 is 0 Å². The van der Waals surface area contributed by atoms with E-state index in [9.17, 15) is 14.4 Å². The maximum Gasteiger partial charge on any atom is 0.328 e. The fourth-order valence-corrected chi connectivity index (χ4v) is 2.03. The van der Waals surface area contributed by atoms with E-state index in [0.29, 0.717) is 5.69 Å². The summed E-state index contributed by atoms with van der Waals surface area (Å²) >= 11 is 0. The van der Waals surface area contributed by atoms with Crippen LogP contribution >= 0.6 is 0 Å². The second-order valence-corrected chi connectivity index (χ2v) is 4.43. The molecule has 2 aromatic heterocycles. The number of ketones is 1. The molecule has 2 N–H and O–H groups in total. The number of benzene rings is 1. The Morgan fingerprint density at radius 1 is 1.10 bits per heavy atom. The van der Waals surface area contributed by atoms with E-state index in [0.717, 1.165) is 15.5 Å². The summed E-state index contributed by atoms with van der Waals surface area (Å²) in [5, 5.41) is 0.935. The highest BCUT2D eigenvalue weighted by Gasteiger charge is 2.11. The lowest BCUT2D eigenvalue weighted by molar-refractivity contribution is 0.0966. The second kappa shape index (κ2) is 4.65. The Labute approximate surface area is 112 Å². The summed E-state index contributed by atoms with van der Waals surface area (Å²) in [6.45, 7) is -0.123. The monoisotopic (exact) mass is 269 g/mol. The highest BCUT2D eigenvalue weighted by molar-refractivity contribution is 5.99. The second-order valence-electron chi connectivity index (χ2n) is 4.43. The number of hydrogen-bond donors (Lipinski definition) is 2. The van der Waals surface area contributed by atoms with Crippen LogP contribution in [0, 0.1) is 0 Å². The molecule has 0 saturated carbocycles. The van der Waals surface area contributed by atoms with Crippen molar-refractivity contribution in [2.45, 2.75) is 6.54 Å². The van der Waals surface area contributed by atoms with Crippen molar-refractivity contribution in [2.75, 3.05) is 0 Å². The highest BCUT2D eigenvalue weighted by atomic mass is 16.2. The van der Waals surface area contributed by atoms with Gasteiger partial charge in [0.1, 0.15) is 0 Å². The molecular weight excluding hydrogens is 258 g/mol. The van der Waals surface area contributed by atoms with Crippen molar-refractivity contribution in [3.63, 3.8) is 0 Å². The summed E-state index contributed by atoms with van der Waals surface area (Å²) in [6.07, 6.45) is 1.31. The fourth-order valence-electron chi connectivity index (χ4n) is 2.03. The summed E-state index contributed by atoms with van der Waals surface area (Å²) in [7, 11) is 0. The molecule has 1 aromatic carbocycles. The minimum absolute atomic E-state index is 0.123. The van der Waals surface area contributed by atoms with Crippen molar-refractivity contribution in [3.05, 3.63) is 69.1 Å². The summed E-state index contributed by atoms with van der Waals surface area (Å²) in [5.41, 5.74) is 0.222. The van der Waals surface area contributed by atoms with Crippen LogP contribution in [0.15, 0.2) is 52.2 Å². The summed E-state index contributed by atoms with van der Waals surface area (Å²) in [4.78, 5) is 39.7. The molecule has 3 aromatic rings. The summed E-state index contributed by atoms with van der Waals surface area (Å²) in [6, 6.07) is 10.5. The Bertz CT molecular complexity index is 868. The van der Waals surface area contributed by atoms with E-state index in [1.165, 1.54) is 12.3 Å². The predicted molar refractivity (Wildman–Crippen MR) is 74.0 cm³/mol. The minimum Gasteiger partial charge on any atom is -0.352 e. The zero-order chi connectivity index (χ0) is 14.1. The van der Waals surface area contributed by atoms with Crippen LogP contribution in [0.3, 0.4) is 0 Å². The number of hydrogen-bond acceptors (Lipinski definition) is 3. The van der Waals surface area contributed by atoms with Gasteiger partial charge in [0.05, 0.1) is 12.2 Å². The van der Waals surface area contributed by atoms with Crippen LogP contribution in [-0.2, 0) is 6.54 Å². The number of fused-ring (bicyclic) bond motifs is 1. The first kappa shape index (κ1) is 12.2. The normalized spacial score (nSPS) is 10.8. The third-order valence-corrected chi connectivity index (χ3v) is 3.04. The van der Waals surface area contributed by atoms with E-state index < -0.39 is 11.2 Å². The molecule has 0 fully saturated rings. The Balaban J connectivity index is 1.92. The number of Topliss-reactive ketones (excluding diaryl/α,β-unsaturated/α-hetero) is 1. The third kappa shape index (κ3) is 2.18. The van der Waals surface area contributed by atoms with E-state index in [1.807, 2.05) is 24.3 Å². The van der Waals surface area contributed by atoms with Crippen molar-refractivity contribution in [1.29, 1.82) is 0 Å². The SMILES string of the molecule is O=C(Cn1ccc(=O)[nH]c1=O)c1cc2ccccc2[nH]1. The van der Waals surface area contributed by atoms with Crippen molar-refractivity contribution in [2.24, 2.45) is 0 Å². The quantitative estimate of drug-likeness (QED) is 0.692. The molecule has 0 aliphatic heterocycles. The van der Waals surface area contributed by atoms with Crippen LogP contribution < -0.4 is 11.2 Å². The molecule has 0 aliphatic carbocycles. The Morgan fingerprint density at radius 2 is 1.90 bits per heavy atom. The molecule has 0 radical (unpaired) electrons. The number of nitrogens with zero attached hydrogens (tertiary/aromatic N) is 1. The van der Waals surface area contributed by atoms with Crippen LogP contribution in [0.2, 0.25) is 0 Å². The first-order valence-electron chi connectivity index (χ1n) is 6.04. The molecule has 0 saturated heterocycles. The maximum absolute atomic E-state index is 12.1. The molecule has 20 heavy (non-hydrogen) atoms. The van der Waals surface area contributed by atoms with Gasteiger partial charge in [0.2, 0.25) is 0 Å². The first-order valence-corrected chi connectivity index (χ1v) is 6.04. The molecule has 100 valence electrons. The van der Waals surface area contributed by atoms with Crippen molar-refractivity contribution in [3.8, 4) is 0 Å². The van der Waals surface area contributed by atoms with Gasteiger partial charge < -0.3 is 4.98 Å². The number of carbonyl (C=O) groups is 1. The lowest BCUT2D eigenvalue weighted by Crippen LogP contribution is -2.30. The number of aromatic amines is 2. The summed E-state index contributed by atoms with van der Waals surface area (Å²) in [5.74, 6) is -0.227. The molecule has 3 rings (SSSR count). The molecule has 0 unspecified atom stereocenters. The Kier molecular flexibility index (Phi) is 2.83. The zero-order valence-corrected chi connectivity index (χ0v) is 10.4. The number of aromatic nitrogens is 3. The van der Waals surface area contributed by atoms with Gasteiger partial charge in [-0.05, 0) is 12.1 Å². The number of rotatable bonds is 3. The van der Waals surface area contributed by atoms with Gasteiger partial charge in [0.25, 0.3) is 5.56 Å². The van der Waals surface area contributed by atoms with E-state index in [1.54, 1.807) is 6.07 Å². The van der Waals surface area contributed by atoms with Crippen LogP contribution in [0.5, 0.6) is 0 Å². The number of para-hydroxylation sites is 1. The van der Waals surface area contributed by atoms with Gasteiger partial charge in [-0.2, -0.15) is 0 Å². The van der Waals surface area contributed by atoms with Crippen molar-refractivity contribution >= 4 is 16.7 Å². The van der Waals surface area contributed by atoms with Crippen LogP contribution in [-0.4, -0.2) is 20.3 Å². The van der Waals surface area contributed by atoms with Crippen LogP contribution in [0.1, 0.15) is 10.5 Å². The van der Waals surface area contributed by atoms with Gasteiger partial charge in [0.15, 0.2) is 5.78 Å². The number of H-pyrrole nitrogens is 2. The molecular formula is C14H11N3O3. The Morgan fingerprint density at radius 3 is 2.65 bits per heavy atom. The predicted octanol–water partition coefficient (Wildman–Crippen LogP) is 0.901. The topological polar surface area (TPSA) is 87.7 Å². The molecule has 6 nitrogen and oxygen atoms in total. The largest absolute Gasteiger partial charge is 0.352 e. The van der Waals surface area contributed by atoms with Crippen molar-refractivity contribution in [1.82, 2.24) is 14.5 Å². The lowest BCUT2D eigenvalue weighted by atomic mass is 10.2. The van der Waals surface area contributed by atoms with Gasteiger partial charge in [-0.1, -0.05) is 18.2 Å². The molecule has 0 spiro atoms. The minimum atomic E-state index is -0.595. The summed E-state index contributed by atoms with van der Waals surface area (Å²) < 4.78 is 1.16. The highest BCUT2D eigenvalue weighted by Crippen LogP contribution is 2.15. The average Bonchev–Trinajstić information content (AvgIpc) is 2.86. The van der Waals surface area contributed by atoms with Gasteiger partial charge in [-0.25, -0.2) is 4.79 Å².